The minimum atomic E-state index is -0.600. The fourth-order valence-corrected chi connectivity index (χ4v) is 3.11. The molecule has 3 rings (SSSR count). The van der Waals surface area contributed by atoms with Crippen molar-refractivity contribution in [1.82, 2.24) is 4.90 Å². The molecule has 0 bridgehead atoms. The number of piperidine rings is 1. The number of Topliss-reactive ketones (excluding diaryl/α,β-unsaturated/α-hetero) is 1. The summed E-state index contributed by atoms with van der Waals surface area (Å²) < 4.78 is 11.2. The monoisotopic (exact) mass is 303 g/mol. The number of likely N-dealkylation sites (tertiary alicyclic amines) is 1. The van der Waals surface area contributed by atoms with Gasteiger partial charge in [-0.1, -0.05) is 18.2 Å². The van der Waals surface area contributed by atoms with Crippen molar-refractivity contribution in [3.8, 4) is 5.75 Å². The zero-order chi connectivity index (χ0) is 15.4. The van der Waals surface area contributed by atoms with E-state index in [0.29, 0.717) is 26.2 Å². The predicted molar refractivity (Wildman–Crippen MR) is 80.7 cm³/mol. The molecule has 1 atom stereocenters. The second-order valence-corrected chi connectivity index (χ2v) is 5.85. The van der Waals surface area contributed by atoms with Crippen LogP contribution in [0.3, 0.4) is 0 Å². The molecule has 5 nitrogen and oxygen atoms in total. The van der Waals surface area contributed by atoms with Crippen LogP contribution in [-0.4, -0.2) is 48.5 Å². The van der Waals surface area contributed by atoms with Crippen LogP contribution in [0.5, 0.6) is 5.75 Å². The van der Waals surface area contributed by atoms with Gasteiger partial charge in [0, 0.05) is 19.6 Å². The van der Waals surface area contributed by atoms with Gasteiger partial charge in [0.1, 0.15) is 11.4 Å². The number of hydrogen-bond donors (Lipinski definition) is 0. The van der Waals surface area contributed by atoms with Crippen molar-refractivity contribution in [2.45, 2.75) is 31.3 Å². The highest BCUT2D eigenvalue weighted by molar-refractivity contribution is 5.93. The zero-order valence-corrected chi connectivity index (χ0v) is 12.6. The molecular weight excluding hydrogens is 282 g/mol. The molecule has 0 radical (unpaired) electrons. The zero-order valence-electron chi connectivity index (χ0n) is 12.6. The molecule has 0 saturated carbocycles. The lowest BCUT2D eigenvalue weighted by Gasteiger charge is -2.37. The lowest BCUT2D eigenvalue weighted by atomic mass is 9.87. The number of nitrogens with zero attached hydrogens (tertiary/aromatic N) is 1. The number of hydrogen-bond acceptors (Lipinski definition) is 4. The Bertz CT molecular complexity index is 537. The summed E-state index contributed by atoms with van der Waals surface area (Å²) in [5.74, 6) is 0.772. The molecule has 0 unspecified atom stereocenters. The molecule has 2 saturated heterocycles. The Hall–Kier alpha value is -1.88. The number of ether oxygens (including phenoxy) is 2. The van der Waals surface area contributed by atoms with E-state index < -0.39 is 5.60 Å². The molecule has 0 aromatic heterocycles. The average molecular weight is 303 g/mol. The van der Waals surface area contributed by atoms with Gasteiger partial charge in [0.25, 0.3) is 0 Å². The lowest BCUT2D eigenvalue weighted by molar-refractivity contribution is -0.152. The average Bonchev–Trinajstić information content (AvgIpc) is 3.01. The van der Waals surface area contributed by atoms with Crippen molar-refractivity contribution in [2.24, 2.45) is 0 Å². The number of carbonyl (C=O) groups excluding carboxylic acids is 2. The molecule has 0 N–H and O–H groups in total. The summed E-state index contributed by atoms with van der Waals surface area (Å²) in [6.45, 7) is 1.75. The summed E-state index contributed by atoms with van der Waals surface area (Å²) in [6, 6.07) is 9.41. The number of rotatable bonds is 4. The summed E-state index contributed by atoms with van der Waals surface area (Å²) in [5.41, 5.74) is -0.600. The number of amides is 1. The molecule has 1 amide bonds. The van der Waals surface area contributed by atoms with Crippen molar-refractivity contribution in [3.63, 3.8) is 0 Å². The first-order valence-corrected chi connectivity index (χ1v) is 7.82. The van der Waals surface area contributed by atoms with E-state index in [4.69, 9.17) is 9.47 Å². The first-order valence-electron chi connectivity index (χ1n) is 7.82. The van der Waals surface area contributed by atoms with Crippen LogP contribution in [0.1, 0.15) is 25.7 Å². The van der Waals surface area contributed by atoms with Gasteiger partial charge in [0.05, 0.1) is 19.6 Å². The standard InChI is InChI=1S/C17H21NO4/c19-15-13-18(10-9-17(15)8-4-11-22-17)16(20)7-12-21-14-5-2-1-3-6-14/h1-3,5-6H,4,7-13H2/t17-/m0/s1. The van der Waals surface area contributed by atoms with Gasteiger partial charge >= 0.3 is 0 Å². The predicted octanol–water partition coefficient (Wildman–Crippen LogP) is 1.81. The molecule has 2 aliphatic heterocycles. The largest absolute Gasteiger partial charge is 0.493 e. The van der Waals surface area contributed by atoms with Crippen molar-refractivity contribution in [3.05, 3.63) is 30.3 Å². The number of carbonyl (C=O) groups is 2. The molecular formula is C17H21NO4. The molecule has 22 heavy (non-hydrogen) atoms. The summed E-state index contributed by atoms with van der Waals surface area (Å²) in [7, 11) is 0. The van der Waals surface area contributed by atoms with Crippen molar-refractivity contribution in [2.75, 3.05) is 26.3 Å². The van der Waals surface area contributed by atoms with Crippen molar-refractivity contribution in [1.29, 1.82) is 0 Å². The molecule has 5 heteroatoms. The normalized spacial score (nSPS) is 24.7. The third-order valence-electron chi connectivity index (χ3n) is 4.41. The van der Waals surface area contributed by atoms with Gasteiger partial charge in [-0.3, -0.25) is 9.59 Å². The van der Waals surface area contributed by atoms with Gasteiger partial charge < -0.3 is 14.4 Å². The third kappa shape index (κ3) is 3.14. The van der Waals surface area contributed by atoms with E-state index >= 15 is 0 Å². The first-order chi connectivity index (χ1) is 10.7. The third-order valence-corrected chi connectivity index (χ3v) is 4.41. The van der Waals surface area contributed by atoms with Gasteiger partial charge in [-0.25, -0.2) is 0 Å². The van der Waals surface area contributed by atoms with E-state index in [2.05, 4.69) is 0 Å². The van der Waals surface area contributed by atoms with Crippen LogP contribution in [-0.2, 0) is 14.3 Å². The lowest BCUT2D eigenvalue weighted by Crippen LogP contribution is -2.53. The fourth-order valence-electron chi connectivity index (χ4n) is 3.11. The Labute approximate surface area is 130 Å². The highest BCUT2D eigenvalue weighted by Gasteiger charge is 2.46. The molecule has 1 aromatic rings. The van der Waals surface area contributed by atoms with Crippen LogP contribution in [0, 0.1) is 0 Å². The quantitative estimate of drug-likeness (QED) is 0.851. The summed E-state index contributed by atoms with van der Waals surface area (Å²) in [5, 5.41) is 0. The van der Waals surface area contributed by atoms with E-state index in [1.807, 2.05) is 30.3 Å². The maximum Gasteiger partial charge on any atom is 0.226 e. The highest BCUT2D eigenvalue weighted by atomic mass is 16.5. The second kappa shape index (κ2) is 6.48. The van der Waals surface area contributed by atoms with Crippen LogP contribution in [0.25, 0.3) is 0 Å². The Morgan fingerprint density at radius 3 is 2.77 bits per heavy atom. The van der Waals surface area contributed by atoms with Crippen molar-refractivity contribution >= 4 is 11.7 Å². The van der Waals surface area contributed by atoms with Crippen LogP contribution < -0.4 is 4.74 Å². The number of para-hydroxylation sites is 1. The minimum absolute atomic E-state index is 0.0304. The fraction of sp³-hybridized carbons (Fsp3) is 0.529. The van der Waals surface area contributed by atoms with Crippen LogP contribution >= 0.6 is 0 Å². The van der Waals surface area contributed by atoms with Crippen LogP contribution in [0.4, 0.5) is 0 Å². The maximum absolute atomic E-state index is 12.3. The SMILES string of the molecule is O=C(CCOc1ccccc1)N1CC[C@@]2(CCCO2)C(=O)C1. The van der Waals surface area contributed by atoms with Gasteiger partial charge in [0.15, 0.2) is 5.78 Å². The summed E-state index contributed by atoms with van der Waals surface area (Å²) in [6.07, 6.45) is 2.64. The van der Waals surface area contributed by atoms with Gasteiger partial charge in [0.2, 0.25) is 5.91 Å². The maximum atomic E-state index is 12.3. The van der Waals surface area contributed by atoms with Gasteiger partial charge in [-0.2, -0.15) is 0 Å². The summed E-state index contributed by atoms with van der Waals surface area (Å²) >= 11 is 0. The Kier molecular flexibility index (Phi) is 4.43. The minimum Gasteiger partial charge on any atom is -0.493 e. The molecule has 118 valence electrons. The molecule has 0 aliphatic carbocycles. The van der Waals surface area contributed by atoms with Crippen molar-refractivity contribution < 1.29 is 19.1 Å². The molecule has 2 heterocycles. The second-order valence-electron chi connectivity index (χ2n) is 5.85. The van der Waals surface area contributed by atoms with Gasteiger partial charge in [-0.05, 0) is 25.0 Å². The first kappa shape index (κ1) is 15.0. The number of ketones is 1. The molecule has 1 aromatic carbocycles. The Balaban J connectivity index is 1.46. The number of benzene rings is 1. The van der Waals surface area contributed by atoms with E-state index in [0.717, 1.165) is 18.6 Å². The van der Waals surface area contributed by atoms with Gasteiger partial charge in [-0.15, -0.1) is 0 Å². The van der Waals surface area contributed by atoms with E-state index in [1.165, 1.54) is 0 Å². The molecule has 2 fully saturated rings. The highest BCUT2D eigenvalue weighted by Crippen LogP contribution is 2.33. The molecule has 2 aliphatic rings. The van der Waals surface area contributed by atoms with E-state index in [-0.39, 0.29) is 24.7 Å². The van der Waals surface area contributed by atoms with Crippen LogP contribution in [0.15, 0.2) is 30.3 Å². The molecule has 1 spiro atoms. The Morgan fingerprint density at radius 2 is 2.09 bits per heavy atom. The topological polar surface area (TPSA) is 55.8 Å². The van der Waals surface area contributed by atoms with E-state index in [1.54, 1.807) is 4.90 Å². The smallest absolute Gasteiger partial charge is 0.226 e. The summed E-state index contributed by atoms with van der Waals surface area (Å²) in [4.78, 5) is 26.1. The van der Waals surface area contributed by atoms with Crippen LogP contribution in [0.2, 0.25) is 0 Å². The Morgan fingerprint density at radius 1 is 1.27 bits per heavy atom. The van der Waals surface area contributed by atoms with E-state index in [9.17, 15) is 9.59 Å².